The summed E-state index contributed by atoms with van der Waals surface area (Å²) >= 11 is 0. The van der Waals surface area contributed by atoms with Crippen molar-refractivity contribution in [1.29, 1.82) is 0 Å². The molecule has 0 saturated carbocycles. The number of halogens is 1. The SMILES string of the molecule is C=C1CC(C)Cc2ccc(F)cc21. The van der Waals surface area contributed by atoms with E-state index in [2.05, 4.69) is 13.5 Å². The number of hydrogen-bond donors (Lipinski definition) is 0. The van der Waals surface area contributed by atoms with E-state index in [0.717, 1.165) is 24.0 Å². The van der Waals surface area contributed by atoms with E-state index < -0.39 is 0 Å². The predicted octanol–water partition coefficient (Wildman–Crippen LogP) is 3.42. The van der Waals surface area contributed by atoms with E-state index in [4.69, 9.17) is 0 Å². The molecule has 0 spiro atoms. The van der Waals surface area contributed by atoms with E-state index in [0.29, 0.717) is 5.92 Å². The van der Waals surface area contributed by atoms with Gasteiger partial charge < -0.3 is 0 Å². The Morgan fingerprint density at radius 3 is 2.92 bits per heavy atom. The van der Waals surface area contributed by atoms with Gasteiger partial charge in [-0.25, -0.2) is 4.39 Å². The standard InChI is InChI=1S/C12H13F/c1-8-5-9(2)12-7-11(13)4-3-10(12)6-8/h3-4,7-8H,2,5-6H2,1H3. The lowest BCUT2D eigenvalue weighted by Crippen LogP contribution is -2.10. The summed E-state index contributed by atoms with van der Waals surface area (Å²) in [6.45, 7) is 6.19. The molecule has 1 aliphatic rings. The normalized spacial score (nSPS) is 21.4. The summed E-state index contributed by atoms with van der Waals surface area (Å²) in [6, 6.07) is 5.01. The van der Waals surface area contributed by atoms with Crippen LogP contribution in [0.3, 0.4) is 0 Å². The summed E-state index contributed by atoms with van der Waals surface area (Å²) < 4.78 is 12.9. The number of allylic oxidation sites excluding steroid dienone is 1. The molecule has 0 fully saturated rings. The van der Waals surface area contributed by atoms with Gasteiger partial charge in [0.15, 0.2) is 0 Å². The summed E-state index contributed by atoms with van der Waals surface area (Å²) in [5, 5.41) is 0. The molecule has 1 heteroatoms. The van der Waals surface area contributed by atoms with Gasteiger partial charge in [-0.3, -0.25) is 0 Å². The summed E-state index contributed by atoms with van der Waals surface area (Å²) in [5.41, 5.74) is 3.34. The van der Waals surface area contributed by atoms with Gasteiger partial charge in [-0.05, 0) is 47.6 Å². The molecular formula is C12H13F. The molecule has 0 saturated heterocycles. The van der Waals surface area contributed by atoms with Crippen molar-refractivity contribution in [1.82, 2.24) is 0 Å². The van der Waals surface area contributed by atoms with E-state index in [9.17, 15) is 4.39 Å². The molecule has 0 amide bonds. The number of fused-ring (bicyclic) bond motifs is 1. The highest BCUT2D eigenvalue weighted by Gasteiger charge is 2.17. The zero-order valence-corrected chi connectivity index (χ0v) is 7.81. The van der Waals surface area contributed by atoms with Crippen LogP contribution in [0.25, 0.3) is 5.57 Å². The second-order valence-electron chi connectivity index (χ2n) is 3.92. The summed E-state index contributed by atoms with van der Waals surface area (Å²) in [4.78, 5) is 0. The van der Waals surface area contributed by atoms with Crippen LogP contribution in [-0.4, -0.2) is 0 Å². The Morgan fingerprint density at radius 1 is 1.38 bits per heavy atom. The lowest BCUT2D eigenvalue weighted by molar-refractivity contribution is 0.576. The molecule has 0 N–H and O–H groups in total. The molecule has 0 nitrogen and oxygen atoms in total. The molecule has 0 bridgehead atoms. The van der Waals surface area contributed by atoms with Crippen molar-refractivity contribution >= 4 is 5.57 Å². The molecule has 1 unspecified atom stereocenters. The number of benzene rings is 1. The molecule has 0 heterocycles. The molecular weight excluding hydrogens is 163 g/mol. The van der Waals surface area contributed by atoms with Crippen molar-refractivity contribution in [3.05, 3.63) is 41.7 Å². The Kier molecular flexibility index (Phi) is 1.95. The fourth-order valence-electron chi connectivity index (χ4n) is 2.03. The van der Waals surface area contributed by atoms with Crippen molar-refractivity contribution < 1.29 is 4.39 Å². The quantitative estimate of drug-likeness (QED) is 0.568. The van der Waals surface area contributed by atoms with Gasteiger partial charge in [0.2, 0.25) is 0 Å². The fraction of sp³-hybridized carbons (Fsp3) is 0.333. The zero-order valence-electron chi connectivity index (χ0n) is 7.81. The van der Waals surface area contributed by atoms with Gasteiger partial charge in [0.1, 0.15) is 5.82 Å². The Bertz CT molecular complexity index is 352. The predicted molar refractivity (Wildman–Crippen MR) is 52.9 cm³/mol. The fourth-order valence-corrected chi connectivity index (χ4v) is 2.03. The van der Waals surface area contributed by atoms with Gasteiger partial charge in [0, 0.05) is 0 Å². The molecule has 68 valence electrons. The first-order valence-corrected chi connectivity index (χ1v) is 4.63. The molecule has 13 heavy (non-hydrogen) atoms. The van der Waals surface area contributed by atoms with Crippen LogP contribution in [0.2, 0.25) is 0 Å². The van der Waals surface area contributed by atoms with Crippen molar-refractivity contribution in [2.45, 2.75) is 19.8 Å². The molecule has 2 rings (SSSR count). The van der Waals surface area contributed by atoms with Crippen LogP contribution in [0.1, 0.15) is 24.5 Å². The maximum absolute atomic E-state index is 12.9. The Balaban J connectivity index is 2.49. The highest BCUT2D eigenvalue weighted by atomic mass is 19.1. The summed E-state index contributed by atoms with van der Waals surface area (Å²) in [6.07, 6.45) is 2.05. The minimum Gasteiger partial charge on any atom is -0.207 e. The van der Waals surface area contributed by atoms with Crippen LogP contribution in [-0.2, 0) is 6.42 Å². The first-order chi connectivity index (χ1) is 6.16. The van der Waals surface area contributed by atoms with Crippen LogP contribution in [0.5, 0.6) is 0 Å². The maximum atomic E-state index is 12.9. The molecule has 1 aromatic rings. The largest absolute Gasteiger partial charge is 0.207 e. The zero-order chi connectivity index (χ0) is 9.42. The highest BCUT2D eigenvalue weighted by molar-refractivity contribution is 5.68. The number of rotatable bonds is 0. The molecule has 0 radical (unpaired) electrons. The van der Waals surface area contributed by atoms with Gasteiger partial charge in [-0.1, -0.05) is 19.6 Å². The Labute approximate surface area is 78.1 Å². The van der Waals surface area contributed by atoms with Gasteiger partial charge in [0.25, 0.3) is 0 Å². The molecule has 0 aliphatic heterocycles. The van der Waals surface area contributed by atoms with Crippen molar-refractivity contribution in [2.75, 3.05) is 0 Å². The molecule has 1 aliphatic carbocycles. The third-order valence-electron chi connectivity index (χ3n) is 2.62. The number of hydrogen-bond acceptors (Lipinski definition) is 0. The van der Waals surface area contributed by atoms with E-state index in [1.165, 1.54) is 11.6 Å². The lowest BCUT2D eigenvalue weighted by atomic mass is 9.82. The van der Waals surface area contributed by atoms with E-state index in [1.807, 2.05) is 6.07 Å². The third-order valence-corrected chi connectivity index (χ3v) is 2.62. The maximum Gasteiger partial charge on any atom is 0.123 e. The second-order valence-corrected chi connectivity index (χ2v) is 3.92. The first-order valence-electron chi connectivity index (χ1n) is 4.63. The lowest BCUT2D eigenvalue weighted by Gasteiger charge is -2.23. The molecule has 1 atom stereocenters. The first kappa shape index (κ1) is 8.49. The smallest absolute Gasteiger partial charge is 0.123 e. The van der Waals surface area contributed by atoms with Crippen LogP contribution < -0.4 is 0 Å². The average Bonchev–Trinajstić information content (AvgIpc) is 2.06. The summed E-state index contributed by atoms with van der Waals surface area (Å²) in [5.74, 6) is 0.486. The van der Waals surface area contributed by atoms with Crippen molar-refractivity contribution in [3.63, 3.8) is 0 Å². The second kappa shape index (κ2) is 2.99. The van der Waals surface area contributed by atoms with Crippen LogP contribution in [0.4, 0.5) is 4.39 Å². The van der Waals surface area contributed by atoms with Crippen molar-refractivity contribution in [2.24, 2.45) is 5.92 Å². The van der Waals surface area contributed by atoms with Gasteiger partial charge in [-0.15, -0.1) is 0 Å². The monoisotopic (exact) mass is 176 g/mol. The minimum atomic E-state index is -0.158. The topological polar surface area (TPSA) is 0 Å². The van der Waals surface area contributed by atoms with Gasteiger partial charge in [-0.2, -0.15) is 0 Å². The minimum absolute atomic E-state index is 0.158. The van der Waals surface area contributed by atoms with Crippen LogP contribution in [0, 0.1) is 11.7 Å². The van der Waals surface area contributed by atoms with Crippen LogP contribution >= 0.6 is 0 Å². The van der Waals surface area contributed by atoms with E-state index >= 15 is 0 Å². The third kappa shape index (κ3) is 1.51. The Morgan fingerprint density at radius 2 is 2.15 bits per heavy atom. The molecule has 0 aromatic heterocycles. The average molecular weight is 176 g/mol. The van der Waals surface area contributed by atoms with Gasteiger partial charge >= 0.3 is 0 Å². The van der Waals surface area contributed by atoms with Crippen molar-refractivity contribution in [3.8, 4) is 0 Å². The summed E-state index contributed by atoms with van der Waals surface area (Å²) in [7, 11) is 0. The van der Waals surface area contributed by atoms with Gasteiger partial charge in [0.05, 0.1) is 0 Å². The molecule has 1 aromatic carbocycles. The van der Waals surface area contributed by atoms with E-state index in [1.54, 1.807) is 6.07 Å². The van der Waals surface area contributed by atoms with E-state index in [-0.39, 0.29) is 5.82 Å². The Hall–Kier alpha value is -1.11. The van der Waals surface area contributed by atoms with Crippen LogP contribution in [0.15, 0.2) is 24.8 Å². The highest BCUT2D eigenvalue weighted by Crippen LogP contribution is 2.32.